The highest BCUT2D eigenvalue weighted by atomic mass is 32.1. The van der Waals surface area contributed by atoms with Crippen LogP contribution in [0.5, 0.6) is 5.75 Å². The number of rotatable bonds is 8. The second-order valence-electron chi connectivity index (χ2n) is 6.43. The van der Waals surface area contributed by atoms with Gasteiger partial charge in [-0.3, -0.25) is 10.1 Å². The molecular formula is C19H26N2O3S. The van der Waals surface area contributed by atoms with Gasteiger partial charge in [-0.15, -0.1) is 11.3 Å². The summed E-state index contributed by atoms with van der Waals surface area (Å²) >= 11 is 1.39. The molecule has 1 heterocycles. The lowest BCUT2D eigenvalue weighted by molar-refractivity contribution is -0.126. The molecule has 0 spiro atoms. The Morgan fingerprint density at radius 2 is 2.08 bits per heavy atom. The van der Waals surface area contributed by atoms with Crippen molar-refractivity contribution < 1.29 is 14.3 Å². The highest BCUT2D eigenvalue weighted by Gasteiger charge is 2.16. The molecule has 1 amide bonds. The number of anilines is 1. The lowest BCUT2D eigenvalue weighted by atomic mass is 10.1. The predicted octanol–water partition coefficient (Wildman–Crippen LogP) is 4.52. The van der Waals surface area contributed by atoms with Crippen LogP contribution in [0.1, 0.15) is 32.8 Å². The quantitative estimate of drug-likeness (QED) is 0.750. The Morgan fingerprint density at radius 3 is 2.76 bits per heavy atom. The van der Waals surface area contributed by atoms with Crippen LogP contribution >= 0.6 is 11.3 Å². The van der Waals surface area contributed by atoms with Crippen molar-refractivity contribution in [2.45, 2.75) is 40.2 Å². The first kappa shape index (κ1) is 19.4. The Morgan fingerprint density at radius 1 is 1.32 bits per heavy atom. The van der Waals surface area contributed by atoms with E-state index in [9.17, 15) is 4.79 Å². The fourth-order valence-corrected chi connectivity index (χ4v) is 2.95. The summed E-state index contributed by atoms with van der Waals surface area (Å²) in [6.45, 7) is 8.62. The van der Waals surface area contributed by atoms with E-state index in [0.29, 0.717) is 17.7 Å². The van der Waals surface area contributed by atoms with E-state index >= 15 is 0 Å². The predicted molar refractivity (Wildman–Crippen MR) is 102 cm³/mol. The van der Waals surface area contributed by atoms with Gasteiger partial charge in [-0.05, 0) is 38.3 Å². The van der Waals surface area contributed by atoms with Gasteiger partial charge >= 0.3 is 0 Å². The summed E-state index contributed by atoms with van der Waals surface area (Å²) in [5.74, 6) is 1.14. The lowest BCUT2D eigenvalue weighted by Crippen LogP contribution is -2.28. The minimum Gasteiger partial charge on any atom is -0.496 e. The molecule has 1 aromatic carbocycles. The summed E-state index contributed by atoms with van der Waals surface area (Å²) in [6, 6.07) is 5.94. The molecule has 0 saturated heterocycles. The molecule has 0 aliphatic rings. The number of thiazole rings is 1. The molecule has 0 bridgehead atoms. The van der Waals surface area contributed by atoms with Gasteiger partial charge in [-0.25, -0.2) is 4.98 Å². The second kappa shape index (κ2) is 8.97. The number of amides is 1. The van der Waals surface area contributed by atoms with E-state index in [0.717, 1.165) is 29.0 Å². The van der Waals surface area contributed by atoms with E-state index in [1.54, 1.807) is 14.0 Å². The normalized spacial score (nSPS) is 12.2. The van der Waals surface area contributed by atoms with Crippen LogP contribution in [-0.2, 0) is 9.53 Å². The van der Waals surface area contributed by atoms with Gasteiger partial charge in [0.05, 0.1) is 12.8 Å². The molecule has 0 radical (unpaired) electrons. The maximum absolute atomic E-state index is 12.2. The van der Waals surface area contributed by atoms with E-state index < -0.39 is 6.10 Å². The summed E-state index contributed by atoms with van der Waals surface area (Å²) in [4.78, 5) is 16.7. The molecule has 136 valence electrons. The van der Waals surface area contributed by atoms with E-state index in [-0.39, 0.29) is 5.91 Å². The second-order valence-corrected chi connectivity index (χ2v) is 7.28. The summed E-state index contributed by atoms with van der Waals surface area (Å²) < 4.78 is 11.0. The SMILES string of the molecule is COc1ccc(C)cc1-c1csc(NC(=O)C(C)OCCC(C)C)n1. The van der Waals surface area contributed by atoms with E-state index in [4.69, 9.17) is 9.47 Å². The third-order valence-electron chi connectivity index (χ3n) is 3.80. The number of carbonyl (C=O) groups is 1. The van der Waals surface area contributed by atoms with Crippen molar-refractivity contribution in [3.8, 4) is 17.0 Å². The van der Waals surface area contributed by atoms with E-state index in [1.807, 2.05) is 30.5 Å². The monoisotopic (exact) mass is 362 g/mol. The molecule has 0 fully saturated rings. The number of hydrogen-bond donors (Lipinski definition) is 1. The number of methoxy groups -OCH3 is 1. The third-order valence-corrected chi connectivity index (χ3v) is 4.56. The Balaban J connectivity index is 2.02. The summed E-state index contributed by atoms with van der Waals surface area (Å²) in [6.07, 6.45) is 0.436. The molecule has 0 aliphatic carbocycles. The van der Waals surface area contributed by atoms with Gasteiger partial charge < -0.3 is 9.47 Å². The Kier molecular flexibility index (Phi) is 6.96. The van der Waals surface area contributed by atoms with E-state index in [2.05, 4.69) is 24.1 Å². The molecule has 2 rings (SSSR count). The van der Waals surface area contributed by atoms with Crippen LogP contribution in [-0.4, -0.2) is 30.7 Å². The number of aromatic nitrogens is 1. The largest absolute Gasteiger partial charge is 0.496 e. The maximum atomic E-state index is 12.2. The zero-order valence-corrected chi connectivity index (χ0v) is 16.3. The molecule has 1 N–H and O–H groups in total. The van der Waals surface area contributed by atoms with Crippen molar-refractivity contribution in [3.63, 3.8) is 0 Å². The molecule has 1 atom stereocenters. The molecule has 0 saturated carbocycles. The number of hydrogen-bond acceptors (Lipinski definition) is 5. The Bertz CT molecular complexity index is 712. The number of nitrogens with zero attached hydrogens (tertiary/aromatic N) is 1. The van der Waals surface area contributed by atoms with Gasteiger partial charge in [0.15, 0.2) is 5.13 Å². The molecule has 25 heavy (non-hydrogen) atoms. The zero-order valence-electron chi connectivity index (χ0n) is 15.5. The van der Waals surface area contributed by atoms with Crippen LogP contribution in [0.3, 0.4) is 0 Å². The molecule has 1 unspecified atom stereocenters. The van der Waals surface area contributed by atoms with Crippen molar-refractivity contribution in [1.82, 2.24) is 4.98 Å². The summed E-state index contributed by atoms with van der Waals surface area (Å²) in [5.41, 5.74) is 2.83. The van der Waals surface area contributed by atoms with Crippen molar-refractivity contribution in [3.05, 3.63) is 29.1 Å². The third kappa shape index (κ3) is 5.54. The van der Waals surface area contributed by atoms with E-state index in [1.165, 1.54) is 11.3 Å². The Labute approximate surface area is 153 Å². The Hall–Kier alpha value is -1.92. The number of nitrogens with one attached hydrogen (secondary N) is 1. The van der Waals surface area contributed by atoms with Crippen molar-refractivity contribution in [2.75, 3.05) is 19.0 Å². The van der Waals surface area contributed by atoms with Gasteiger partial charge in [0, 0.05) is 17.6 Å². The van der Waals surface area contributed by atoms with Gasteiger partial charge in [-0.2, -0.15) is 0 Å². The fourth-order valence-electron chi connectivity index (χ4n) is 2.24. The smallest absolute Gasteiger partial charge is 0.254 e. The van der Waals surface area contributed by atoms with Gasteiger partial charge in [0.2, 0.25) is 0 Å². The first-order valence-electron chi connectivity index (χ1n) is 8.43. The average molecular weight is 362 g/mol. The van der Waals surface area contributed by atoms with Crippen molar-refractivity contribution in [2.24, 2.45) is 5.92 Å². The van der Waals surface area contributed by atoms with Crippen LogP contribution in [0.25, 0.3) is 11.3 Å². The average Bonchev–Trinajstić information content (AvgIpc) is 3.02. The number of carbonyl (C=O) groups excluding carboxylic acids is 1. The van der Waals surface area contributed by atoms with Gasteiger partial charge in [0.1, 0.15) is 11.9 Å². The first-order valence-corrected chi connectivity index (χ1v) is 9.31. The lowest BCUT2D eigenvalue weighted by Gasteiger charge is -2.13. The van der Waals surface area contributed by atoms with Crippen molar-refractivity contribution in [1.29, 1.82) is 0 Å². The molecular weight excluding hydrogens is 336 g/mol. The standard InChI is InChI=1S/C19H26N2O3S/c1-12(2)8-9-24-14(4)18(22)21-19-20-16(11-25-19)15-10-13(3)6-7-17(15)23-5/h6-7,10-12,14H,8-9H2,1-5H3,(H,20,21,22). The number of ether oxygens (including phenoxy) is 2. The summed E-state index contributed by atoms with van der Waals surface area (Å²) in [5, 5.41) is 5.30. The van der Waals surface area contributed by atoms with Gasteiger partial charge in [0.25, 0.3) is 5.91 Å². The molecule has 1 aromatic heterocycles. The van der Waals surface area contributed by atoms with Crippen LogP contribution in [0.2, 0.25) is 0 Å². The minimum atomic E-state index is -0.500. The fraction of sp³-hybridized carbons (Fsp3) is 0.474. The molecule has 6 heteroatoms. The topological polar surface area (TPSA) is 60.5 Å². The maximum Gasteiger partial charge on any atom is 0.254 e. The van der Waals surface area contributed by atoms with Crippen molar-refractivity contribution >= 4 is 22.4 Å². The van der Waals surface area contributed by atoms with Crippen LogP contribution in [0, 0.1) is 12.8 Å². The summed E-state index contributed by atoms with van der Waals surface area (Å²) in [7, 11) is 1.64. The molecule has 2 aromatic rings. The van der Waals surface area contributed by atoms with Gasteiger partial charge in [-0.1, -0.05) is 25.5 Å². The minimum absolute atomic E-state index is 0.180. The highest BCUT2D eigenvalue weighted by molar-refractivity contribution is 7.14. The van der Waals surface area contributed by atoms with Crippen LogP contribution in [0.15, 0.2) is 23.6 Å². The molecule has 0 aliphatic heterocycles. The first-order chi connectivity index (χ1) is 11.9. The van der Waals surface area contributed by atoms with Crippen LogP contribution < -0.4 is 10.1 Å². The van der Waals surface area contributed by atoms with Crippen LogP contribution in [0.4, 0.5) is 5.13 Å². The molecule has 5 nitrogen and oxygen atoms in total. The number of aryl methyl sites for hydroxylation is 1. The highest BCUT2D eigenvalue weighted by Crippen LogP contribution is 2.33. The number of benzene rings is 1. The zero-order chi connectivity index (χ0) is 18.4.